The van der Waals surface area contributed by atoms with Crippen LogP contribution in [0, 0.1) is 0 Å². The van der Waals surface area contributed by atoms with E-state index in [4.69, 9.17) is 5.73 Å². The van der Waals surface area contributed by atoms with Crippen LogP contribution in [0.25, 0.3) is 0 Å². The maximum atomic E-state index is 5.68. The fourth-order valence-electron chi connectivity index (χ4n) is 2.34. The van der Waals surface area contributed by atoms with Gasteiger partial charge in [0.05, 0.1) is 0 Å². The van der Waals surface area contributed by atoms with Crippen molar-refractivity contribution in [2.24, 2.45) is 5.73 Å². The zero-order chi connectivity index (χ0) is 10.7. The van der Waals surface area contributed by atoms with E-state index in [2.05, 4.69) is 30.0 Å². The Balaban J connectivity index is 2.36. The second kappa shape index (κ2) is 4.67. The molecule has 1 aromatic rings. The maximum absolute atomic E-state index is 5.68. The molecule has 0 saturated heterocycles. The lowest BCUT2D eigenvalue weighted by atomic mass is 10.0. The van der Waals surface area contributed by atoms with E-state index in [0.717, 1.165) is 6.54 Å². The number of nitrogens with two attached hydrogens (primary N) is 1. The third-order valence-corrected chi connectivity index (χ3v) is 3.23. The van der Waals surface area contributed by atoms with Gasteiger partial charge in [0.1, 0.15) is 0 Å². The van der Waals surface area contributed by atoms with E-state index in [1.807, 2.05) is 0 Å². The van der Waals surface area contributed by atoms with Crippen LogP contribution in [0.1, 0.15) is 30.9 Å². The zero-order valence-electron chi connectivity index (χ0n) is 9.50. The predicted octanol–water partition coefficient (Wildman–Crippen LogP) is 2.31. The van der Waals surface area contributed by atoms with E-state index >= 15 is 0 Å². The fourth-order valence-corrected chi connectivity index (χ4v) is 2.34. The van der Waals surface area contributed by atoms with Gasteiger partial charge in [-0.15, -0.1) is 0 Å². The molecule has 1 aliphatic rings. The van der Waals surface area contributed by atoms with E-state index in [0.29, 0.717) is 6.54 Å². The molecule has 0 radical (unpaired) electrons. The first-order valence-corrected chi connectivity index (χ1v) is 5.92. The Hall–Kier alpha value is -1.02. The minimum atomic E-state index is 0.652. The second-order valence-corrected chi connectivity index (χ2v) is 4.20. The molecule has 0 atom stereocenters. The van der Waals surface area contributed by atoms with Crippen LogP contribution in [-0.2, 0) is 13.0 Å². The molecule has 2 rings (SSSR count). The summed E-state index contributed by atoms with van der Waals surface area (Å²) in [4.78, 5) is 2.47. The van der Waals surface area contributed by atoms with Crippen LogP contribution >= 0.6 is 0 Å². The van der Waals surface area contributed by atoms with Gasteiger partial charge in [-0.3, -0.25) is 0 Å². The first kappa shape index (κ1) is 10.5. The monoisotopic (exact) mass is 204 g/mol. The topological polar surface area (TPSA) is 29.3 Å². The van der Waals surface area contributed by atoms with Crippen molar-refractivity contribution < 1.29 is 0 Å². The number of aryl methyl sites for hydroxylation is 1. The molecule has 0 bridgehead atoms. The van der Waals surface area contributed by atoms with Crippen molar-refractivity contribution in [3.05, 3.63) is 29.3 Å². The van der Waals surface area contributed by atoms with E-state index in [1.54, 1.807) is 0 Å². The molecule has 1 aliphatic heterocycles. The molecule has 2 N–H and O–H groups in total. The molecule has 2 nitrogen and oxygen atoms in total. The number of hydrogen-bond acceptors (Lipinski definition) is 2. The molecule has 0 fully saturated rings. The third-order valence-electron chi connectivity index (χ3n) is 3.23. The van der Waals surface area contributed by atoms with Crippen molar-refractivity contribution in [2.45, 2.75) is 32.7 Å². The van der Waals surface area contributed by atoms with Crippen LogP contribution < -0.4 is 10.6 Å². The number of anilines is 1. The normalized spacial score (nSPS) is 16.0. The molecule has 2 heteroatoms. The minimum Gasteiger partial charge on any atom is -0.372 e. The Bertz CT molecular complexity index is 333. The lowest BCUT2D eigenvalue weighted by molar-refractivity contribution is 0.727. The predicted molar refractivity (Wildman–Crippen MR) is 65.2 cm³/mol. The number of fused-ring (bicyclic) bond motifs is 1. The quantitative estimate of drug-likeness (QED) is 0.801. The highest BCUT2D eigenvalue weighted by Gasteiger charge is 2.13. The average molecular weight is 204 g/mol. The summed E-state index contributed by atoms with van der Waals surface area (Å²) in [6, 6.07) is 6.68. The van der Waals surface area contributed by atoms with Crippen molar-refractivity contribution in [3.63, 3.8) is 0 Å². The van der Waals surface area contributed by atoms with Crippen LogP contribution in [-0.4, -0.2) is 13.1 Å². The minimum absolute atomic E-state index is 0.652. The van der Waals surface area contributed by atoms with Crippen LogP contribution in [0.2, 0.25) is 0 Å². The van der Waals surface area contributed by atoms with E-state index < -0.39 is 0 Å². The lowest BCUT2D eigenvalue weighted by Gasteiger charge is -2.23. The van der Waals surface area contributed by atoms with Gasteiger partial charge in [-0.1, -0.05) is 12.1 Å². The summed E-state index contributed by atoms with van der Waals surface area (Å²) in [5.41, 5.74) is 9.84. The van der Waals surface area contributed by atoms with Crippen LogP contribution in [0.5, 0.6) is 0 Å². The van der Waals surface area contributed by atoms with Gasteiger partial charge in [-0.2, -0.15) is 0 Å². The largest absolute Gasteiger partial charge is 0.372 e. The number of benzene rings is 1. The summed E-state index contributed by atoms with van der Waals surface area (Å²) in [5.74, 6) is 0. The Labute approximate surface area is 92.1 Å². The van der Waals surface area contributed by atoms with Gasteiger partial charge in [-0.05, 0) is 43.4 Å². The van der Waals surface area contributed by atoms with Crippen LogP contribution in [0.4, 0.5) is 5.69 Å². The molecule has 0 aromatic heterocycles. The van der Waals surface area contributed by atoms with Crippen molar-refractivity contribution >= 4 is 5.69 Å². The summed E-state index contributed by atoms with van der Waals surface area (Å²) < 4.78 is 0. The van der Waals surface area contributed by atoms with Crippen LogP contribution in [0.15, 0.2) is 18.2 Å². The Kier molecular flexibility index (Phi) is 3.27. The molecular weight excluding hydrogens is 184 g/mol. The van der Waals surface area contributed by atoms with Gasteiger partial charge < -0.3 is 10.6 Å². The van der Waals surface area contributed by atoms with Gasteiger partial charge in [0.25, 0.3) is 0 Å². The molecule has 15 heavy (non-hydrogen) atoms. The molecule has 0 amide bonds. The van der Waals surface area contributed by atoms with Gasteiger partial charge in [0, 0.05) is 25.3 Å². The molecule has 0 spiro atoms. The lowest BCUT2D eigenvalue weighted by Crippen LogP contribution is -2.23. The standard InChI is InChI=1S/C13H20N2/c1-2-15-8-4-3-5-12-9-11(10-14)6-7-13(12)15/h6-7,9H,2-5,8,10,14H2,1H3. The molecule has 0 aliphatic carbocycles. The SMILES string of the molecule is CCN1CCCCc2cc(CN)ccc21. The summed E-state index contributed by atoms with van der Waals surface area (Å²) >= 11 is 0. The molecular formula is C13H20N2. The summed E-state index contributed by atoms with van der Waals surface area (Å²) in [6.07, 6.45) is 3.82. The zero-order valence-corrected chi connectivity index (χ0v) is 9.50. The van der Waals surface area contributed by atoms with Gasteiger partial charge >= 0.3 is 0 Å². The van der Waals surface area contributed by atoms with Crippen molar-refractivity contribution in [3.8, 4) is 0 Å². The number of nitrogens with zero attached hydrogens (tertiary/aromatic N) is 1. The van der Waals surface area contributed by atoms with Gasteiger partial charge in [0.15, 0.2) is 0 Å². The summed E-state index contributed by atoms with van der Waals surface area (Å²) in [6.45, 7) is 5.19. The van der Waals surface area contributed by atoms with Crippen LogP contribution in [0.3, 0.4) is 0 Å². The Morgan fingerprint density at radius 2 is 2.20 bits per heavy atom. The van der Waals surface area contributed by atoms with E-state index in [1.165, 1.54) is 42.6 Å². The fraction of sp³-hybridized carbons (Fsp3) is 0.538. The Morgan fingerprint density at radius 1 is 1.33 bits per heavy atom. The number of hydrogen-bond donors (Lipinski definition) is 1. The highest BCUT2D eigenvalue weighted by molar-refractivity contribution is 5.55. The van der Waals surface area contributed by atoms with Crippen molar-refractivity contribution in [2.75, 3.05) is 18.0 Å². The highest BCUT2D eigenvalue weighted by atomic mass is 15.1. The first-order chi connectivity index (χ1) is 7.35. The number of rotatable bonds is 2. The Morgan fingerprint density at radius 3 is 2.93 bits per heavy atom. The average Bonchev–Trinajstić information content (AvgIpc) is 2.49. The third kappa shape index (κ3) is 2.15. The summed E-state index contributed by atoms with van der Waals surface area (Å²) in [7, 11) is 0. The molecule has 0 unspecified atom stereocenters. The highest BCUT2D eigenvalue weighted by Crippen LogP contribution is 2.26. The van der Waals surface area contributed by atoms with Gasteiger partial charge in [-0.25, -0.2) is 0 Å². The van der Waals surface area contributed by atoms with Gasteiger partial charge in [0.2, 0.25) is 0 Å². The van der Waals surface area contributed by atoms with Crippen molar-refractivity contribution in [1.29, 1.82) is 0 Å². The summed E-state index contributed by atoms with van der Waals surface area (Å²) in [5, 5.41) is 0. The van der Waals surface area contributed by atoms with E-state index in [-0.39, 0.29) is 0 Å². The molecule has 0 saturated carbocycles. The molecule has 1 aromatic carbocycles. The molecule has 82 valence electrons. The maximum Gasteiger partial charge on any atom is 0.0398 e. The first-order valence-electron chi connectivity index (χ1n) is 5.92. The van der Waals surface area contributed by atoms with Crippen molar-refractivity contribution in [1.82, 2.24) is 0 Å². The smallest absolute Gasteiger partial charge is 0.0398 e. The van der Waals surface area contributed by atoms with E-state index in [9.17, 15) is 0 Å². The second-order valence-electron chi connectivity index (χ2n) is 4.20. The molecule has 1 heterocycles.